The van der Waals surface area contributed by atoms with Crippen LogP contribution < -0.4 is 10.6 Å². The molecule has 0 radical (unpaired) electrons. The van der Waals surface area contributed by atoms with Crippen LogP contribution >= 0.6 is 0 Å². The number of hydrogen-bond donors (Lipinski definition) is 2. The van der Waals surface area contributed by atoms with Gasteiger partial charge in [0.2, 0.25) is 0 Å². The van der Waals surface area contributed by atoms with Crippen molar-refractivity contribution in [2.75, 3.05) is 19.6 Å². The number of nitrogens with one attached hydrogen (secondary N) is 2. The Morgan fingerprint density at radius 2 is 2.36 bits per heavy atom. The van der Waals surface area contributed by atoms with Crippen LogP contribution in [0.15, 0.2) is 0 Å². The number of rotatable bonds is 1. The van der Waals surface area contributed by atoms with E-state index in [0.29, 0.717) is 6.17 Å². The van der Waals surface area contributed by atoms with Crippen LogP contribution in [0.4, 0.5) is 4.79 Å². The van der Waals surface area contributed by atoms with Crippen molar-refractivity contribution in [3.63, 3.8) is 0 Å². The van der Waals surface area contributed by atoms with Crippen molar-refractivity contribution >= 4 is 6.03 Å². The normalized spacial score (nSPS) is 31.1. The minimum atomic E-state index is 0.0874. The highest BCUT2D eigenvalue weighted by Crippen LogP contribution is 2.12. The summed E-state index contributed by atoms with van der Waals surface area (Å²) in [5, 5.41) is 6.09. The van der Waals surface area contributed by atoms with Crippen LogP contribution in [0.1, 0.15) is 12.8 Å². The molecular weight excluding hydrogens is 142 g/mol. The summed E-state index contributed by atoms with van der Waals surface area (Å²) in [5.41, 5.74) is 0. The van der Waals surface area contributed by atoms with Crippen LogP contribution in [0.25, 0.3) is 0 Å². The lowest BCUT2D eigenvalue weighted by Crippen LogP contribution is -2.43. The largest absolute Gasteiger partial charge is 0.336 e. The van der Waals surface area contributed by atoms with Gasteiger partial charge in [-0.25, -0.2) is 4.79 Å². The molecule has 2 N–H and O–H groups in total. The Morgan fingerprint density at radius 1 is 1.45 bits per heavy atom. The van der Waals surface area contributed by atoms with E-state index >= 15 is 0 Å². The third kappa shape index (κ3) is 1.18. The van der Waals surface area contributed by atoms with E-state index in [9.17, 15) is 4.79 Å². The van der Waals surface area contributed by atoms with Crippen molar-refractivity contribution in [2.24, 2.45) is 0 Å². The number of nitrogens with zero attached hydrogens (tertiary/aromatic N) is 1. The fraction of sp³-hybridized carbons (Fsp3) is 0.857. The van der Waals surface area contributed by atoms with Crippen LogP contribution in [0.2, 0.25) is 0 Å². The molecule has 2 aliphatic rings. The van der Waals surface area contributed by atoms with Crippen LogP contribution in [0, 0.1) is 0 Å². The highest BCUT2D eigenvalue weighted by molar-refractivity contribution is 5.76. The third-order valence-electron chi connectivity index (χ3n) is 2.30. The van der Waals surface area contributed by atoms with Crippen molar-refractivity contribution in [3.05, 3.63) is 0 Å². The number of carbonyl (C=O) groups is 1. The minimum absolute atomic E-state index is 0.0874. The lowest BCUT2D eigenvalue weighted by atomic mass is 10.3. The van der Waals surface area contributed by atoms with Gasteiger partial charge in [0.1, 0.15) is 0 Å². The quantitative estimate of drug-likeness (QED) is 0.547. The molecule has 2 rings (SSSR count). The van der Waals surface area contributed by atoms with Gasteiger partial charge in [-0.05, 0) is 19.4 Å². The molecule has 0 bridgehead atoms. The van der Waals surface area contributed by atoms with Crippen molar-refractivity contribution in [1.82, 2.24) is 15.5 Å². The molecule has 0 saturated carbocycles. The van der Waals surface area contributed by atoms with Gasteiger partial charge in [-0.3, -0.25) is 5.32 Å². The second-order valence-electron chi connectivity index (χ2n) is 3.04. The van der Waals surface area contributed by atoms with Gasteiger partial charge in [-0.1, -0.05) is 0 Å². The Hall–Kier alpha value is -0.770. The van der Waals surface area contributed by atoms with E-state index in [-0.39, 0.29) is 6.03 Å². The summed E-state index contributed by atoms with van der Waals surface area (Å²) < 4.78 is 0. The molecular formula is C7H13N3O. The molecule has 1 unspecified atom stereocenters. The smallest absolute Gasteiger partial charge is 0.318 e. The van der Waals surface area contributed by atoms with Crippen LogP contribution in [0.3, 0.4) is 0 Å². The Labute approximate surface area is 65.9 Å². The maximum atomic E-state index is 11.1. The van der Waals surface area contributed by atoms with Gasteiger partial charge in [-0.15, -0.1) is 0 Å². The molecule has 11 heavy (non-hydrogen) atoms. The lowest BCUT2D eigenvalue weighted by molar-refractivity contribution is 0.192. The topological polar surface area (TPSA) is 44.4 Å². The molecule has 4 nitrogen and oxygen atoms in total. The number of urea groups is 1. The maximum Gasteiger partial charge on any atom is 0.318 e. The van der Waals surface area contributed by atoms with Gasteiger partial charge < -0.3 is 10.2 Å². The molecule has 2 fully saturated rings. The Bertz CT molecular complexity index is 165. The molecule has 0 spiro atoms. The van der Waals surface area contributed by atoms with Crippen LogP contribution in [0.5, 0.6) is 0 Å². The standard InChI is InChI=1S/C7H13N3O/c11-7-9-4-5-10(7)6-2-1-3-8-6/h6,8H,1-5H2,(H,9,11). The number of amides is 2. The summed E-state index contributed by atoms with van der Waals surface area (Å²) in [6.45, 7) is 2.71. The van der Waals surface area contributed by atoms with Gasteiger partial charge >= 0.3 is 6.03 Å². The lowest BCUT2D eigenvalue weighted by Gasteiger charge is -2.21. The number of hydrogen-bond acceptors (Lipinski definition) is 2. The highest BCUT2D eigenvalue weighted by Gasteiger charge is 2.28. The van der Waals surface area contributed by atoms with Crippen molar-refractivity contribution in [2.45, 2.75) is 19.0 Å². The summed E-state index contributed by atoms with van der Waals surface area (Å²) in [6.07, 6.45) is 2.60. The molecule has 2 heterocycles. The predicted octanol–water partition coefficient (Wildman–Crippen LogP) is -0.279. The van der Waals surface area contributed by atoms with E-state index in [1.165, 1.54) is 6.42 Å². The molecule has 0 aromatic heterocycles. The Morgan fingerprint density at radius 3 is 2.91 bits per heavy atom. The van der Waals surface area contributed by atoms with E-state index in [2.05, 4.69) is 10.6 Å². The molecule has 0 aliphatic carbocycles. The minimum Gasteiger partial charge on any atom is -0.336 e. The first-order valence-electron chi connectivity index (χ1n) is 4.16. The predicted molar refractivity (Wildman–Crippen MR) is 41.1 cm³/mol. The summed E-state index contributed by atoms with van der Waals surface area (Å²) in [6, 6.07) is 0.0874. The van der Waals surface area contributed by atoms with E-state index in [4.69, 9.17) is 0 Å². The first-order chi connectivity index (χ1) is 5.38. The van der Waals surface area contributed by atoms with Gasteiger partial charge in [0.25, 0.3) is 0 Å². The second-order valence-corrected chi connectivity index (χ2v) is 3.04. The average molecular weight is 155 g/mol. The average Bonchev–Trinajstić information content (AvgIpc) is 2.55. The fourth-order valence-corrected chi connectivity index (χ4v) is 1.72. The summed E-state index contributed by atoms with van der Waals surface area (Å²) in [4.78, 5) is 13.0. The monoisotopic (exact) mass is 155 g/mol. The van der Waals surface area contributed by atoms with Gasteiger partial charge in [0, 0.05) is 13.1 Å². The zero-order valence-electron chi connectivity index (χ0n) is 6.47. The van der Waals surface area contributed by atoms with E-state index in [0.717, 1.165) is 26.1 Å². The first-order valence-corrected chi connectivity index (χ1v) is 4.16. The van der Waals surface area contributed by atoms with Gasteiger partial charge in [-0.2, -0.15) is 0 Å². The van der Waals surface area contributed by atoms with Crippen molar-refractivity contribution < 1.29 is 4.79 Å². The van der Waals surface area contributed by atoms with Gasteiger partial charge in [0.15, 0.2) is 0 Å². The second kappa shape index (κ2) is 2.70. The summed E-state index contributed by atoms with van der Waals surface area (Å²) >= 11 is 0. The summed E-state index contributed by atoms with van der Waals surface area (Å²) in [5.74, 6) is 0. The molecule has 0 aromatic rings. The van der Waals surface area contributed by atoms with Crippen molar-refractivity contribution in [3.8, 4) is 0 Å². The van der Waals surface area contributed by atoms with E-state index in [1.54, 1.807) is 0 Å². The Balaban J connectivity index is 1.97. The Kier molecular flexibility index (Phi) is 1.69. The molecule has 2 amide bonds. The molecule has 62 valence electrons. The van der Waals surface area contributed by atoms with E-state index in [1.807, 2.05) is 4.90 Å². The van der Waals surface area contributed by atoms with Crippen LogP contribution in [-0.4, -0.2) is 36.7 Å². The zero-order chi connectivity index (χ0) is 7.68. The fourth-order valence-electron chi connectivity index (χ4n) is 1.72. The highest BCUT2D eigenvalue weighted by atomic mass is 16.2. The maximum absolute atomic E-state index is 11.1. The van der Waals surface area contributed by atoms with Crippen LogP contribution in [-0.2, 0) is 0 Å². The third-order valence-corrected chi connectivity index (χ3v) is 2.30. The van der Waals surface area contributed by atoms with E-state index < -0.39 is 0 Å². The molecule has 0 aromatic carbocycles. The summed E-state index contributed by atoms with van der Waals surface area (Å²) in [7, 11) is 0. The number of carbonyl (C=O) groups excluding carboxylic acids is 1. The first kappa shape index (κ1) is 6.91. The molecule has 4 heteroatoms. The molecule has 2 aliphatic heterocycles. The zero-order valence-corrected chi connectivity index (χ0v) is 6.47. The molecule has 2 saturated heterocycles. The van der Waals surface area contributed by atoms with Crippen molar-refractivity contribution in [1.29, 1.82) is 0 Å². The van der Waals surface area contributed by atoms with Gasteiger partial charge in [0.05, 0.1) is 6.17 Å². The SMILES string of the molecule is O=C1NCCN1C1CCCN1. The molecule has 1 atom stereocenters.